The van der Waals surface area contributed by atoms with Gasteiger partial charge in [0, 0.05) is 0 Å². The second kappa shape index (κ2) is 10.4. The van der Waals surface area contributed by atoms with E-state index in [0.717, 1.165) is 0 Å². The SMILES string of the molecule is CCP(C)C.[Au+].[Cl-]. The van der Waals surface area contributed by atoms with Gasteiger partial charge in [-0.1, -0.05) is 6.92 Å². The molecule has 7 heavy (non-hydrogen) atoms. The Morgan fingerprint density at radius 1 is 1.29 bits per heavy atom. The largest absolute Gasteiger partial charge is 1.00 e. The van der Waals surface area contributed by atoms with Crippen LogP contribution < -0.4 is 12.4 Å². The Bertz CT molecular complexity index is 25.7. The molecule has 3 heteroatoms. The molecule has 50 valence electrons. The summed E-state index contributed by atoms with van der Waals surface area (Å²) in [5, 5.41) is 0. The summed E-state index contributed by atoms with van der Waals surface area (Å²) in [7, 11) is 0.402. The predicted octanol–water partition coefficient (Wildman–Crippen LogP) is -1.25. The summed E-state index contributed by atoms with van der Waals surface area (Å²) >= 11 is 0. The van der Waals surface area contributed by atoms with E-state index in [1.165, 1.54) is 6.16 Å². The molecular formula is C4H11AuClP. The van der Waals surface area contributed by atoms with Crippen molar-refractivity contribution in [1.82, 2.24) is 0 Å². The van der Waals surface area contributed by atoms with E-state index >= 15 is 0 Å². The van der Waals surface area contributed by atoms with Crippen molar-refractivity contribution in [2.45, 2.75) is 6.92 Å². The molecule has 0 aliphatic carbocycles. The van der Waals surface area contributed by atoms with E-state index in [1.807, 2.05) is 0 Å². The third-order valence-corrected chi connectivity index (χ3v) is 1.90. The van der Waals surface area contributed by atoms with Gasteiger partial charge >= 0.3 is 22.4 Å². The minimum absolute atomic E-state index is 0. The first-order valence-corrected chi connectivity index (χ1v) is 4.34. The summed E-state index contributed by atoms with van der Waals surface area (Å²) in [6.45, 7) is 6.80. The summed E-state index contributed by atoms with van der Waals surface area (Å²) in [4.78, 5) is 0. The zero-order chi connectivity index (χ0) is 4.28. The number of hydrogen-bond acceptors (Lipinski definition) is 0. The topological polar surface area (TPSA) is 0 Å². The second-order valence-electron chi connectivity index (χ2n) is 1.40. The molecule has 0 saturated heterocycles. The number of hydrogen-bond donors (Lipinski definition) is 0. The minimum Gasteiger partial charge on any atom is -1.00 e. The molecule has 0 spiro atoms. The van der Waals surface area contributed by atoms with Gasteiger partial charge < -0.3 is 12.4 Å². The van der Waals surface area contributed by atoms with Crippen molar-refractivity contribution in [1.29, 1.82) is 0 Å². The van der Waals surface area contributed by atoms with E-state index in [0.29, 0.717) is 7.92 Å². The third kappa shape index (κ3) is 18.6. The maximum absolute atomic E-state index is 2.29. The van der Waals surface area contributed by atoms with Crippen molar-refractivity contribution >= 4 is 7.92 Å². The number of halogens is 1. The van der Waals surface area contributed by atoms with Crippen LogP contribution in [0.25, 0.3) is 0 Å². The van der Waals surface area contributed by atoms with Crippen LogP contribution in [-0.2, 0) is 22.4 Å². The van der Waals surface area contributed by atoms with Gasteiger partial charge in [-0.2, -0.15) is 0 Å². The summed E-state index contributed by atoms with van der Waals surface area (Å²) in [5.41, 5.74) is 0. The van der Waals surface area contributed by atoms with Crippen molar-refractivity contribution in [3.05, 3.63) is 0 Å². The molecule has 0 nitrogen and oxygen atoms in total. The first-order chi connectivity index (χ1) is 2.27. The first kappa shape index (κ1) is 15.8. The van der Waals surface area contributed by atoms with Crippen molar-refractivity contribution in [2.75, 3.05) is 19.5 Å². The smallest absolute Gasteiger partial charge is 1.00 e. The van der Waals surface area contributed by atoms with Gasteiger partial charge in [0.05, 0.1) is 0 Å². The molecule has 0 rings (SSSR count). The molecule has 0 atom stereocenters. The average Bonchev–Trinajstić information content (AvgIpc) is 1.38. The molecule has 0 radical (unpaired) electrons. The maximum Gasteiger partial charge on any atom is 1.00 e. The van der Waals surface area contributed by atoms with Gasteiger partial charge in [-0.25, -0.2) is 0 Å². The molecule has 0 fully saturated rings. The van der Waals surface area contributed by atoms with Crippen LogP contribution in [0.3, 0.4) is 0 Å². The van der Waals surface area contributed by atoms with Crippen LogP contribution in [-0.4, -0.2) is 19.5 Å². The zero-order valence-electron chi connectivity index (χ0n) is 4.83. The molecule has 0 aromatic carbocycles. The van der Waals surface area contributed by atoms with Crippen molar-refractivity contribution in [2.24, 2.45) is 0 Å². The van der Waals surface area contributed by atoms with Crippen LogP contribution in [0.5, 0.6) is 0 Å². The first-order valence-electron chi connectivity index (χ1n) is 1.92. The van der Waals surface area contributed by atoms with Gasteiger partial charge in [0.15, 0.2) is 0 Å². The molecule has 0 bridgehead atoms. The summed E-state index contributed by atoms with van der Waals surface area (Å²) in [6, 6.07) is 0. The standard InChI is InChI=1S/C4H11P.Au.ClH/c1-4-5(2)3;;/h4H2,1-3H3;;1H/q;+1;/p-1. The van der Waals surface area contributed by atoms with E-state index in [9.17, 15) is 0 Å². The van der Waals surface area contributed by atoms with Crippen LogP contribution in [0.4, 0.5) is 0 Å². The van der Waals surface area contributed by atoms with Crippen LogP contribution in [0, 0.1) is 0 Å². The van der Waals surface area contributed by atoms with Crippen molar-refractivity contribution < 1.29 is 34.8 Å². The molecule has 0 unspecified atom stereocenters. The molecule has 0 aliphatic rings. The van der Waals surface area contributed by atoms with Crippen LogP contribution in [0.2, 0.25) is 0 Å². The molecule has 0 aromatic rings. The third-order valence-electron chi connectivity index (χ3n) is 0.632. The van der Waals surface area contributed by atoms with E-state index in [2.05, 4.69) is 20.3 Å². The van der Waals surface area contributed by atoms with E-state index < -0.39 is 0 Å². The molecule has 0 N–H and O–H groups in total. The Morgan fingerprint density at radius 3 is 1.43 bits per heavy atom. The van der Waals surface area contributed by atoms with Crippen molar-refractivity contribution in [3.63, 3.8) is 0 Å². The molecule has 0 saturated carbocycles. The quantitative estimate of drug-likeness (QED) is 0.418. The van der Waals surface area contributed by atoms with Crippen LogP contribution in [0.15, 0.2) is 0 Å². The van der Waals surface area contributed by atoms with Crippen LogP contribution in [0.1, 0.15) is 6.92 Å². The van der Waals surface area contributed by atoms with E-state index in [4.69, 9.17) is 0 Å². The Morgan fingerprint density at radius 2 is 1.43 bits per heavy atom. The van der Waals surface area contributed by atoms with Gasteiger partial charge in [0.2, 0.25) is 0 Å². The maximum atomic E-state index is 2.29. The number of rotatable bonds is 1. The fraction of sp³-hybridized carbons (Fsp3) is 1.00. The average molecular weight is 323 g/mol. The Balaban J connectivity index is -0.0000000800. The van der Waals surface area contributed by atoms with E-state index in [1.54, 1.807) is 0 Å². The minimum atomic E-state index is 0. The molecule has 0 aromatic heterocycles. The summed E-state index contributed by atoms with van der Waals surface area (Å²) in [6.07, 6.45) is 1.37. The fourth-order valence-corrected chi connectivity index (χ4v) is 0. The van der Waals surface area contributed by atoms with Crippen molar-refractivity contribution in [3.8, 4) is 0 Å². The molecule has 0 amide bonds. The van der Waals surface area contributed by atoms with Gasteiger partial charge in [-0.05, 0) is 19.5 Å². The second-order valence-corrected chi connectivity index (χ2v) is 4.19. The normalized spacial score (nSPS) is 6.86. The van der Waals surface area contributed by atoms with E-state index in [-0.39, 0.29) is 34.8 Å². The summed E-state index contributed by atoms with van der Waals surface area (Å²) in [5.74, 6) is 0. The zero-order valence-corrected chi connectivity index (χ0v) is 8.65. The Hall–Kier alpha value is 1.46. The van der Waals surface area contributed by atoms with Gasteiger partial charge in [0.1, 0.15) is 0 Å². The molecule has 0 heterocycles. The fourth-order valence-electron chi connectivity index (χ4n) is 0. The Kier molecular flexibility index (Phi) is 23.6. The van der Waals surface area contributed by atoms with Gasteiger partial charge in [-0.3, -0.25) is 0 Å². The molecular weight excluding hydrogens is 311 g/mol. The van der Waals surface area contributed by atoms with Gasteiger partial charge in [0.25, 0.3) is 0 Å². The Labute approximate surface area is 69.1 Å². The summed E-state index contributed by atoms with van der Waals surface area (Å²) < 4.78 is 0. The van der Waals surface area contributed by atoms with Gasteiger partial charge in [-0.15, -0.1) is 7.92 Å². The molecule has 0 aliphatic heterocycles. The monoisotopic (exact) mass is 322 g/mol. The van der Waals surface area contributed by atoms with Crippen LogP contribution >= 0.6 is 7.92 Å². The predicted molar refractivity (Wildman–Crippen MR) is 29.3 cm³/mol.